The number of hydrogen-bond donors (Lipinski definition) is 1. The second-order valence-corrected chi connectivity index (χ2v) is 6.07. The van der Waals surface area contributed by atoms with E-state index in [0.717, 1.165) is 24.2 Å². The van der Waals surface area contributed by atoms with Crippen molar-refractivity contribution >= 4 is 16.9 Å². The molecule has 0 aliphatic rings. The first kappa shape index (κ1) is 18.6. The summed E-state index contributed by atoms with van der Waals surface area (Å²) in [4.78, 5) is 30.8. The molecule has 27 heavy (non-hydrogen) atoms. The van der Waals surface area contributed by atoms with E-state index in [1.54, 1.807) is 13.0 Å². The molecule has 3 rings (SSSR count). The minimum Gasteiger partial charge on any atom is -0.494 e. The van der Waals surface area contributed by atoms with Gasteiger partial charge >= 0.3 is 5.97 Å². The molecule has 1 heterocycles. The molecule has 0 atom stereocenters. The highest BCUT2D eigenvalue weighted by atomic mass is 16.5. The molecule has 1 N–H and O–H groups in total. The Labute approximate surface area is 157 Å². The lowest BCUT2D eigenvalue weighted by molar-refractivity contribution is -0.143. The first-order valence-corrected chi connectivity index (χ1v) is 9.05. The molecule has 2 aromatic carbocycles. The van der Waals surface area contributed by atoms with Gasteiger partial charge in [0.25, 0.3) is 5.56 Å². The molecule has 0 radical (unpaired) electrons. The van der Waals surface area contributed by atoms with Crippen LogP contribution in [-0.2, 0) is 9.53 Å². The smallest absolute Gasteiger partial charge is 0.305 e. The zero-order valence-electron chi connectivity index (χ0n) is 15.2. The van der Waals surface area contributed by atoms with Crippen molar-refractivity contribution in [1.29, 1.82) is 0 Å². The number of esters is 1. The van der Waals surface area contributed by atoms with E-state index >= 15 is 0 Å². The van der Waals surface area contributed by atoms with Gasteiger partial charge in [0.2, 0.25) is 0 Å². The molecule has 6 nitrogen and oxygen atoms in total. The van der Waals surface area contributed by atoms with Crippen molar-refractivity contribution in [2.24, 2.45) is 0 Å². The molecule has 0 aliphatic carbocycles. The molecular formula is C21H22N2O4. The number of para-hydroxylation sites is 1. The van der Waals surface area contributed by atoms with Gasteiger partial charge in [-0.3, -0.25) is 9.59 Å². The van der Waals surface area contributed by atoms with Crippen molar-refractivity contribution in [2.75, 3.05) is 13.2 Å². The van der Waals surface area contributed by atoms with Crippen LogP contribution in [0.1, 0.15) is 26.2 Å². The standard InChI is InChI=1S/C21H22N2O4/c1-2-26-19(24)9-5-6-14-27-16-12-10-15(11-13-16)20-22-18-8-4-3-7-17(18)21(25)23-20/h3-4,7-8,10-13H,2,5-6,9,14H2,1H3,(H,22,23,25). The number of rotatable bonds is 8. The van der Waals surface area contributed by atoms with Crippen LogP contribution in [0.4, 0.5) is 0 Å². The van der Waals surface area contributed by atoms with Crippen LogP contribution in [0.2, 0.25) is 0 Å². The lowest BCUT2D eigenvalue weighted by atomic mass is 10.2. The molecule has 0 aliphatic heterocycles. The van der Waals surface area contributed by atoms with Gasteiger partial charge < -0.3 is 14.5 Å². The molecule has 0 bridgehead atoms. The zero-order chi connectivity index (χ0) is 19.1. The summed E-state index contributed by atoms with van der Waals surface area (Å²) in [6.45, 7) is 2.75. The summed E-state index contributed by atoms with van der Waals surface area (Å²) in [6.07, 6.45) is 1.93. The number of aromatic amines is 1. The number of unbranched alkanes of at least 4 members (excludes halogenated alkanes) is 1. The van der Waals surface area contributed by atoms with Gasteiger partial charge in [-0.05, 0) is 56.2 Å². The Kier molecular flexibility index (Phi) is 6.20. The summed E-state index contributed by atoms with van der Waals surface area (Å²) >= 11 is 0. The number of benzene rings is 2. The number of fused-ring (bicyclic) bond motifs is 1. The SMILES string of the molecule is CCOC(=O)CCCCOc1ccc(-c2nc3ccccc3c(=O)[nH]2)cc1. The van der Waals surface area contributed by atoms with E-state index in [2.05, 4.69) is 9.97 Å². The number of hydrogen-bond acceptors (Lipinski definition) is 5. The van der Waals surface area contributed by atoms with E-state index < -0.39 is 0 Å². The van der Waals surface area contributed by atoms with Gasteiger partial charge in [0.05, 0.1) is 24.1 Å². The fourth-order valence-corrected chi connectivity index (χ4v) is 2.73. The Balaban J connectivity index is 1.58. The fourth-order valence-electron chi connectivity index (χ4n) is 2.73. The van der Waals surface area contributed by atoms with E-state index in [4.69, 9.17) is 9.47 Å². The third kappa shape index (κ3) is 4.94. The summed E-state index contributed by atoms with van der Waals surface area (Å²) < 4.78 is 10.6. The third-order valence-corrected chi connectivity index (χ3v) is 4.09. The van der Waals surface area contributed by atoms with Crippen LogP contribution in [0.25, 0.3) is 22.3 Å². The molecule has 0 saturated carbocycles. The predicted molar refractivity (Wildman–Crippen MR) is 104 cm³/mol. The van der Waals surface area contributed by atoms with Gasteiger partial charge in [-0.25, -0.2) is 4.98 Å². The first-order chi connectivity index (χ1) is 13.2. The second kappa shape index (κ2) is 8.98. The quantitative estimate of drug-likeness (QED) is 0.486. The van der Waals surface area contributed by atoms with Crippen molar-refractivity contribution in [2.45, 2.75) is 26.2 Å². The molecule has 0 unspecified atom stereocenters. The van der Waals surface area contributed by atoms with Gasteiger partial charge in [-0.1, -0.05) is 12.1 Å². The zero-order valence-corrected chi connectivity index (χ0v) is 15.2. The van der Waals surface area contributed by atoms with Crippen molar-refractivity contribution in [3.05, 3.63) is 58.9 Å². The Morgan fingerprint density at radius 3 is 2.63 bits per heavy atom. The summed E-state index contributed by atoms with van der Waals surface area (Å²) in [5.41, 5.74) is 1.32. The average molecular weight is 366 g/mol. The van der Waals surface area contributed by atoms with Crippen molar-refractivity contribution in [3.63, 3.8) is 0 Å². The largest absolute Gasteiger partial charge is 0.494 e. The molecule has 0 spiro atoms. The summed E-state index contributed by atoms with van der Waals surface area (Å²) in [7, 11) is 0. The van der Waals surface area contributed by atoms with Crippen LogP contribution >= 0.6 is 0 Å². The van der Waals surface area contributed by atoms with Crippen LogP contribution in [0.3, 0.4) is 0 Å². The number of carbonyl (C=O) groups is 1. The third-order valence-electron chi connectivity index (χ3n) is 4.09. The minimum atomic E-state index is -0.168. The highest BCUT2D eigenvalue weighted by Gasteiger charge is 2.06. The van der Waals surface area contributed by atoms with E-state index in [0.29, 0.717) is 36.4 Å². The number of nitrogens with zero attached hydrogens (tertiary/aromatic N) is 1. The number of ether oxygens (including phenoxy) is 2. The van der Waals surface area contributed by atoms with E-state index in [9.17, 15) is 9.59 Å². The van der Waals surface area contributed by atoms with Crippen molar-refractivity contribution in [1.82, 2.24) is 9.97 Å². The van der Waals surface area contributed by atoms with E-state index in [1.807, 2.05) is 42.5 Å². The Bertz CT molecular complexity index is 964. The highest BCUT2D eigenvalue weighted by molar-refractivity contribution is 5.79. The van der Waals surface area contributed by atoms with Crippen LogP contribution in [0, 0.1) is 0 Å². The normalized spacial score (nSPS) is 10.7. The van der Waals surface area contributed by atoms with E-state index in [1.165, 1.54) is 0 Å². The molecular weight excluding hydrogens is 344 g/mol. The molecule has 6 heteroatoms. The van der Waals surface area contributed by atoms with Gasteiger partial charge in [0, 0.05) is 12.0 Å². The van der Waals surface area contributed by atoms with Gasteiger partial charge in [0.1, 0.15) is 11.6 Å². The summed E-state index contributed by atoms with van der Waals surface area (Å²) in [5, 5.41) is 0.573. The first-order valence-electron chi connectivity index (χ1n) is 9.05. The van der Waals surface area contributed by atoms with Gasteiger partial charge in [-0.2, -0.15) is 0 Å². The monoisotopic (exact) mass is 366 g/mol. The number of carbonyl (C=O) groups excluding carboxylic acids is 1. The lowest BCUT2D eigenvalue weighted by Gasteiger charge is -2.07. The van der Waals surface area contributed by atoms with Crippen LogP contribution in [-0.4, -0.2) is 29.2 Å². The maximum Gasteiger partial charge on any atom is 0.305 e. The molecule has 0 saturated heterocycles. The van der Waals surface area contributed by atoms with Crippen LogP contribution in [0.5, 0.6) is 5.75 Å². The van der Waals surface area contributed by atoms with Gasteiger partial charge in [0.15, 0.2) is 0 Å². The van der Waals surface area contributed by atoms with Crippen LogP contribution < -0.4 is 10.3 Å². The maximum atomic E-state index is 12.2. The average Bonchev–Trinajstić information content (AvgIpc) is 2.68. The summed E-state index contributed by atoms with van der Waals surface area (Å²) in [5.74, 6) is 1.09. The predicted octanol–water partition coefficient (Wildman–Crippen LogP) is 3.70. The van der Waals surface area contributed by atoms with Gasteiger partial charge in [-0.15, -0.1) is 0 Å². The minimum absolute atomic E-state index is 0.155. The molecule has 1 aromatic heterocycles. The molecule has 140 valence electrons. The Hall–Kier alpha value is -3.15. The van der Waals surface area contributed by atoms with Crippen molar-refractivity contribution in [3.8, 4) is 17.1 Å². The number of aromatic nitrogens is 2. The number of H-pyrrole nitrogens is 1. The molecule has 0 amide bonds. The van der Waals surface area contributed by atoms with Crippen LogP contribution in [0.15, 0.2) is 53.3 Å². The lowest BCUT2D eigenvalue weighted by Crippen LogP contribution is -2.09. The van der Waals surface area contributed by atoms with E-state index in [-0.39, 0.29) is 11.5 Å². The maximum absolute atomic E-state index is 12.2. The summed E-state index contributed by atoms with van der Waals surface area (Å²) in [6, 6.07) is 14.7. The second-order valence-electron chi connectivity index (χ2n) is 6.07. The van der Waals surface area contributed by atoms with Crippen molar-refractivity contribution < 1.29 is 14.3 Å². The highest BCUT2D eigenvalue weighted by Crippen LogP contribution is 2.20. The number of nitrogens with one attached hydrogen (secondary N) is 1. The molecule has 0 fully saturated rings. The molecule has 3 aromatic rings. The Morgan fingerprint density at radius 1 is 1.07 bits per heavy atom. The fraction of sp³-hybridized carbons (Fsp3) is 0.286. The topological polar surface area (TPSA) is 81.3 Å². The Morgan fingerprint density at radius 2 is 1.85 bits per heavy atom.